The normalized spacial score (nSPS) is 37.5. The number of hydrogen-bond donors (Lipinski definition) is 2. The van der Waals surface area contributed by atoms with Crippen LogP contribution in [0.25, 0.3) is 6.08 Å². The maximum atomic E-state index is 12.9. The summed E-state index contributed by atoms with van der Waals surface area (Å²) in [4.78, 5) is 27.1. The van der Waals surface area contributed by atoms with Crippen LogP contribution in [0.2, 0.25) is 0 Å². The van der Waals surface area contributed by atoms with Gasteiger partial charge in [0.15, 0.2) is 0 Å². The molecule has 4 saturated heterocycles. The lowest BCUT2D eigenvalue weighted by atomic mass is 9.71. The average molecular weight is 371 g/mol. The second kappa shape index (κ2) is 6.09. The van der Waals surface area contributed by atoms with Crippen molar-refractivity contribution in [3.63, 3.8) is 0 Å². The summed E-state index contributed by atoms with van der Waals surface area (Å²) < 4.78 is 7.46. The van der Waals surface area contributed by atoms with Gasteiger partial charge >= 0.3 is 6.03 Å². The van der Waals surface area contributed by atoms with Crippen molar-refractivity contribution >= 4 is 18.0 Å². The third-order valence-electron chi connectivity index (χ3n) is 6.65. The summed E-state index contributed by atoms with van der Waals surface area (Å²) in [5.74, 6) is 0.335. The molecular weight excluding hydrogens is 346 g/mol. The van der Waals surface area contributed by atoms with Crippen molar-refractivity contribution in [3.8, 4) is 0 Å². The summed E-state index contributed by atoms with van der Waals surface area (Å²) in [6, 6.07) is 0.206. The van der Waals surface area contributed by atoms with Gasteiger partial charge in [0.05, 0.1) is 11.7 Å². The SMILES string of the molecule is Cn1cc(/C=C/C(=O)N2[C@H]3CC[C@H]2CC2(C3)NC(=O)N[C@H]3OCC[C@H]32)cn1. The second-order valence-corrected chi connectivity index (χ2v) is 8.26. The van der Waals surface area contributed by atoms with E-state index < -0.39 is 0 Å². The Bertz CT molecular complexity index is 789. The van der Waals surface area contributed by atoms with Crippen molar-refractivity contribution in [3.05, 3.63) is 24.0 Å². The van der Waals surface area contributed by atoms with Crippen LogP contribution in [0.4, 0.5) is 4.79 Å². The molecule has 8 heteroatoms. The molecular formula is C19H25N5O3. The van der Waals surface area contributed by atoms with Crippen molar-refractivity contribution in [2.45, 2.75) is 56.0 Å². The molecule has 0 radical (unpaired) electrons. The van der Waals surface area contributed by atoms with Crippen LogP contribution in [0.1, 0.15) is 37.7 Å². The fourth-order valence-corrected chi connectivity index (χ4v) is 5.61. The maximum Gasteiger partial charge on any atom is 0.317 e. The molecule has 0 aliphatic carbocycles. The van der Waals surface area contributed by atoms with Gasteiger partial charge in [-0.05, 0) is 38.2 Å². The Morgan fingerprint density at radius 1 is 1.33 bits per heavy atom. The minimum absolute atomic E-state index is 0.0562. The Morgan fingerprint density at radius 2 is 2.11 bits per heavy atom. The Balaban J connectivity index is 1.35. The molecule has 4 aliphatic rings. The van der Waals surface area contributed by atoms with Gasteiger partial charge in [-0.3, -0.25) is 9.48 Å². The molecule has 144 valence electrons. The smallest absolute Gasteiger partial charge is 0.317 e. The number of carbonyl (C=O) groups excluding carboxylic acids is 2. The summed E-state index contributed by atoms with van der Waals surface area (Å²) in [6.45, 7) is 0.685. The highest BCUT2D eigenvalue weighted by Gasteiger charge is 2.58. The number of amides is 3. The molecule has 0 saturated carbocycles. The monoisotopic (exact) mass is 371 g/mol. The number of urea groups is 1. The summed E-state index contributed by atoms with van der Waals surface area (Å²) >= 11 is 0. The van der Waals surface area contributed by atoms with E-state index in [1.165, 1.54) is 0 Å². The fraction of sp³-hybridized carbons (Fsp3) is 0.632. The van der Waals surface area contributed by atoms with Crippen molar-refractivity contribution in [2.75, 3.05) is 6.61 Å². The van der Waals surface area contributed by atoms with Crippen LogP contribution in [0.5, 0.6) is 0 Å². The summed E-state index contributed by atoms with van der Waals surface area (Å²) in [5.41, 5.74) is 0.669. The number of aromatic nitrogens is 2. The molecule has 8 nitrogen and oxygen atoms in total. The number of hydrogen-bond acceptors (Lipinski definition) is 4. The van der Waals surface area contributed by atoms with Gasteiger partial charge in [0.25, 0.3) is 0 Å². The van der Waals surface area contributed by atoms with E-state index in [1.54, 1.807) is 17.0 Å². The highest BCUT2D eigenvalue weighted by molar-refractivity contribution is 5.92. The Hall–Kier alpha value is -2.35. The average Bonchev–Trinajstić information content (AvgIpc) is 3.32. The minimum Gasteiger partial charge on any atom is -0.358 e. The quantitative estimate of drug-likeness (QED) is 0.759. The number of fused-ring (bicyclic) bond motifs is 4. The summed E-state index contributed by atoms with van der Waals surface area (Å²) in [7, 11) is 1.86. The number of piperidine rings is 1. The van der Waals surface area contributed by atoms with E-state index in [4.69, 9.17) is 4.74 Å². The maximum absolute atomic E-state index is 12.9. The molecule has 27 heavy (non-hydrogen) atoms. The van der Waals surface area contributed by atoms with Gasteiger partial charge in [-0.25, -0.2) is 4.79 Å². The van der Waals surface area contributed by atoms with Crippen molar-refractivity contribution in [1.82, 2.24) is 25.3 Å². The summed E-state index contributed by atoms with van der Waals surface area (Å²) in [6.07, 6.45) is 11.5. The first-order valence-corrected chi connectivity index (χ1v) is 9.73. The molecule has 5 heterocycles. The van der Waals surface area contributed by atoms with Gasteiger partial charge in [-0.15, -0.1) is 0 Å². The van der Waals surface area contributed by atoms with Gasteiger partial charge in [0, 0.05) is 49.5 Å². The molecule has 0 aromatic carbocycles. The first-order chi connectivity index (χ1) is 13.0. The molecule has 0 unspecified atom stereocenters. The molecule has 1 aromatic heterocycles. The zero-order valence-electron chi connectivity index (χ0n) is 15.4. The molecule has 4 aliphatic heterocycles. The van der Waals surface area contributed by atoms with Gasteiger partial charge in [0.1, 0.15) is 6.23 Å². The van der Waals surface area contributed by atoms with Crippen LogP contribution >= 0.6 is 0 Å². The van der Waals surface area contributed by atoms with Gasteiger partial charge in [0.2, 0.25) is 5.91 Å². The third-order valence-corrected chi connectivity index (χ3v) is 6.65. The molecule has 4 fully saturated rings. The number of carbonyl (C=O) groups is 2. The predicted octanol–water partition coefficient (Wildman–Crippen LogP) is 1.00. The van der Waals surface area contributed by atoms with Crippen LogP contribution in [0.3, 0.4) is 0 Å². The zero-order valence-corrected chi connectivity index (χ0v) is 15.4. The van der Waals surface area contributed by atoms with Crippen molar-refractivity contribution in [1.29, 1.82) is 0 Å². The van der Waals surface area contributed by atoms with Gasteiger partial charge in [-0.2, -0.15) is 5.10 Å². The number of nitrogens with one attached hydrogen (secondary N) is 2. The van der Waals surface area contributed by atoms with E-state index in [9.17, 15) is 9.59 Å². The molecule has 2 bridgehead atoms. The Kier molecular flexibility index (Phi) is 3.79. The molecule has 1 spiro atoms. The van der Waals surface area contributed by atoms with Crippen LogP contribution in [-0.2, 0) is 16.6 Å². The van der Waals surface area contributed by atoms with E-state index in [0.29, 0.717) is 6.61 Å². The van der Waals surface area contributed by atoms with Crippen LogP contribution < -0.4 is 10.6 Å². The van der Waals surface area contributed by atoms with Crippen LogP contribution in [-0.4, -0.2) is 57.1 Å². The number of nitrogens with zero attached hydrogens (tertiary/aromatic N) is 3. The summed E-state index contributed by atoms with van der Waals surface area (Å²) in [5, 5.41) is 10.3. The number of rotatable bonds is 2. The van der Waals surface area contributed by atoms with Crippen LogP contribution in [0, 0.1) is 5.92 Å². The van der Waals surface area contributed by atoms with E-state index in [0.717, 1.165) is 37.7 Å². The molecule has 4 atom stereocenters. The lowest BCUT2D eigenvalue weighted by molar-refractivity contribution is -0.132. The molecule has 2 N–H and O–H groups in total. The van der Waals surface area contributed by atoms with Crippen LogP contribution in [0.15, 0.2) is 18.5 Å². The lowest BCUT2D eigenvalue weighted by Gasteiger charge is -2.52. The molecule has 3 amide bonds. The lowest BCUT2D eigenvalue weighted by Crippen LogP contribution is -2.71. The fourth-order valence-electron chi connectivity index (χ4n) is 5.61. The second-order valence-electron chi connectivity index (χ2n) is 8.26. The first-order valence-electron chi connectivity index (χ1n) is 9.73. The topological polar surface area (TPSA) is 88.5 Å². The highest BCUT2D eigenvalue weighted by atomic mass is 16.5. The Labute approximate surface area is 157 Å². The molecule has 5 rings (SSSR count). The Morgan fingerprint density at radius 3 is 2.81 bits per heavy atom. The van der Waals surface area contributed by atoms with E-state index in [2.05, 4.69) is 15.7 Å². The predicted molar refractivity (Wildman–Crippen MR) is 97.4 cm³/mol. The van der Waals surface area contributed by atoms with Gasteiger partial charge < -0.3 is 20.3 Å². The van der Waals surface area contributed by atoms with Crippen molar-refractivity contribution < 1.29 is 14.3 Å². The number of aryl methyl sites for hydroxylation is 1. The number of ether oxygens (including phenoxy) is 1. The van der Waals surface area contributed by atoms with E-state index >= 15 is 0 Å². The zero-order chi connectivity index (χ0) is 18.6. The van der Waals surface area contributed by atoms with Crippen molar-refractivity contribution in [2.24, 2.45) is 13.0 Å². The highest BCUT2D eigenvalue weighted by Crippen LogP contribution is 2.48. The van der Waals surface area contributed by atoms with E-state index in [1.807, 2.05) is 24.2 Å². The first kappa shape index (κ1) is 16.8. The third kappa shape index (κ3) is 2.74. The van der Waals surface area contributed by atoms with E-state index in [-0.39, 0.29) is 41.7 Å². The molecule has 1 aromatic rings. The largest absolute Gasteiger partial charge is 0.358 e. The standard InChI is InChI=1S/C19H25N5O3/c1-23-11-12(10-20-23)2-5-16(25)24-13-3-4-14(24)9-19(8-13)15-6-7-27-17(15)21-18(26)22-19/h2,5,10-11,13-15,17H,3-4,6-9H2,1H3,(H2,21,22,26)/b5-2+/t13-,14-,15+,17-/m0/s1. The van der Waals surface area contributed by atoms with Gasteiger partial charge in [-0.1, -0.05) is 0 Å². The minimum atomic E-state index is -0.251.